The molecule has 0 spiro atoms. The molecule has 0 aliphatic heterocycles. The van der Waals surface area contributed by atoms with Gasteiger partial charge in [0.05, 0.1) is 0 Å². The molecule has 0 aliphatic rings. The lowest BCUT2D eigenvalue weighted by Crippen LogP contribution is -2.31. The zero-order valence-electron chi connectivity index (χ0n) is 14.0. The van der Waals surface area contributed by atoms with E-state index in [0.29, 0.717) is 24.0 Å². The molecular formula is C18H24N4O. The van der Waals surface area contributed by atoms with Gasteiger partial charge in [0.15, 0.2) is 5.69 Å². The van der Waals surface area contributed by atoms with E-state index in [4.69, 9.17) is 0 Å². The van der Waals surface area contributed by atoms with E-state index in [9.17, 15) is 4.79 Å². The van der Waals surface area contributed by atoms with Gasteiger partial charge < -0.3 is 10.2 Å². The first kappa shape index (κ1) is 16.9. The van der Waals surface area contributed by atoms with Gasteiger partial charge in [-0.05, 0) is 43.5 Å². The number of nitrogens with zero attached hydrogens (tertiary/aromatic N) is 3. The van der Waals surface area contributed by atoms with Crippen LogP contribution in [0.5, 0.6) is 0 Å². The van der Waals surface area contributed by atoms with Crippen molar-refractivity contribution in [1.29, 1.82) is 0 Å². The van der Waals surface area contributed by atoms with Crippen LogP contribution in [-0.4, -0.2) is 29.2 Å². The molecule has 0 radical (unpaired) electrons. The predicted molar refractivity (Wildman–Crippen MR) is 93.8 cm³/mol. The molecule has 5 heteroatoms. The fraction of sp³-hybridized carbons (Fsp3) is 0.389. The molecule has 0 saturated heterocycles. The van der Waals surface area contributed by atoms with Crippen molar-refractivity contribution in [2.45, 2.75) is 27.2 Å². The number of carbonyl (C=O) groups excluding carboxylic acids is 1. The Bertz CT molecular complexity index is 611. The van der Waals surface area contributed by atoms with Gasteiger partial charge in [-0.3, -0.25) is 4.79 Å². The SMILES string of the molecule is CCN(C(=O)c1ccc(NCCC(C)C)nn1)c1ccccc1. The van der Waals surface area contributed by atoms with Gasteiger partial charge >= 0.3 is 0 Å². The van der Waals surface area contributed by atoms with Gasteiger partial charge in [-0.15, -0.1) is 10.2 Å². The molecule has 23 heavy (non-hydrogen) atoms. The van der Waals surface area contributed by atoms with E-state index in [1.165, 1.54) is 0 Å². The van der Waals surface area contributed by atoms with E-state index in [2.05, 4.69) is 29.4 Å². The second-order valence-corrected chi connectivity index (χ2v) is 5.80. The first-order valence-electron chi connectivity index (χ1n) is 8.06. The minimum absolute atomic E-state index is 0.139. The molecule has 5 nitrogen and oxygen atoms in total. The molecule has 1 amide bonds. The number of hydrogen-bond acceptors (Lipinski definition) is 4. The van der Waals surface area contributed by atoms with Gasteiger partial charge in [-0.1, -0.05) is 32.0 Å². The van der Waals surface area contributed by atoms with Crippen molar-refractivity contribution >= 4 is 17.4 Å². The summed E-state index contributed by atoms with van der Waals surface area (Å²) in [6.07, 6.45) is 1.07. The summed E-state index contributed by atoms with van der Waals surface area (Å²) < 4.78 is 0. The van der Waals surface area contributed by atoms with Crippen LogP contribution >= 0.6 is 0 Å². The third-order valence-corrected chi connectivity index (χ3v) is 3.54. The highest BCUT2D eigenvalue weighted by Crippen LogP contribution is 2.16. The zero-order chi connectivity index (χ0) is 16.7. The number of para-hydroxylation sites is 1. The van der Waals surface area contributed by atoms with E-state index in [-0.39, 0.29) is 5.91 Å². The third-order valence-electron chi connectivity index (χ3n) is 3.54. The van der Waals surface area contributed by atoms with Crippen molar-refractivity contribution in [2.75, 3.05) is 23.3 Å². The number of nitrogens with one attached hydrogen (secondary N) is 1. The zero-order valence-corrected chi connectivity index (χ0v) is 14.0. The standard InChI is InChI=1S/C18H24N4O/c1-4-22(15-8-6-5-7-9-15)18(23)16-10-11-17(21-20-16)19-13-12-14(2)3/h5-11,14H,4,12-13H2,1-3H3,(H,19,21). The minimum atomic E-state index is -0.139. The molecule has 0 fully saturated rings. The lowest BCUT2D eigenvalue weighted by atomic mass is 10.1. The second kappa shape index (κ2) is 8.27. The maximum Gasteiger partial charge on any atom is 0.278 e. The summed E-state index contributed by atoms with van der Waals surface area (Å²) in [5.74, 6) is 1.20. The summed E-state index contributed by atoms with van der Waals surface area (Å²) in [5, 5.41) is 11.4. The number of anilines is 2. The van der Waals surface area contributed by atoms with Crippen LogP contribution in [0.25, 0.3) is 0 Å². The van der Waals surface area contributed by atoms with E-state index in [1.54, 1.807) is 17.0 Å². The first-order chi connectivity index (χ1) is 11.1. The fourth-order valence-electron chi connectivity index (χ4n) is 2.22. The Morgan fingerprint density at radius 2 is 1.87 bits per heavy atom. The van der Waals surface area contributed by atoms with Crippen molar-refractivity contribution in [2.24, 2.45) is 5.92 Å². The number of carbonyl (C=O) groups is 1. The van der Waals surface area contributed by atoms with Gasteiger partial charge in [-0.2, -0.15) is 0 Å². The molecule has 2 aromatic rings. The number of hydrogen-bond donors (Lipinski definition) is 1. The van der Waals surface area contributed by atoms with Gasteiger partial charge in [0.25, 0.3) is 5.91 Å². The second-order valence-electron chi connectivity index (χ2n) is 5.80. The monoisotopic (exact) mass is 312 g/mol. The third kappa shape index (κ3) is 4.77. The van der Waals surface area contributed by atoms with Crippen LogP contribution in [0.4, 0.5) is 11.5 Å². The molecule has 0 aliphatic carbocycles. The largest absolute Gasteiger partial charge is 0.369 e. The van der Waals surface area contributed by atoms with Crippen molar-refractivity contribution < 1.29 is 4.79 Å². The Hall–Kier alpha value is -2.43. The van der Waals surface area contributed by atoms with Crippen LogP contribution in [0.3, 0.4) is 0 Å². The van der Waals surface area contributed by atoms with Gasteiger partial charge in [-0.25, -0.2) is 0 Å². The maximum atomic E-state index is 12.6. The van der Waals surface area contributed by atoms with Crippen molar-refractivity contribution in [3.63, 3.8) is 0 Å². The topological polar surface area (TPSA) is 58.1 Å². The quantitative estimate of drug-likeness (QED) is 0.848. The van der Waals surface area contributed by atoms with Crippen molar-refractivity contribution in [3.05, 3.63) is 48.2 Å². The maximum absolute atomic E-state index is 12.6. The highest BCUT2D eigenvalue weighted by atomic mass is 16.2. The number of amides is 1. The lowest BCUT2D eigenvalue weighted by Gasteiger charge is -2.20. The first-order valence-corrected chi connectivity index (χ1v) is 8.06. The van der Waals surface area contributed by atoms with E-state index >= 15 is 0 Å². The molecule has 1 aromatic heterocycles. The predicted octanol–water partition coefficient (Wildman–Crippen LogP) is 3.60. The average Bonchev–Trinajstić information content (AvgIpc) is 2.57. The van der Waals surface area contributed by atoms with Gasteiger partial charge in [0.2, 0.25) is 0 Å². The van der Waals surface area contributed by atoms with Crippen molar-refractivity contribution in [1.82, 2.24) is 10.2 Å². The molecule has 1 aromatic carbocycles. The smallest absolute Gasteiger partial charge is 0.278 e. The lowest BCUT2D eigenvalue weighted by molar-refractivity contribution is 0.0982. The van der Waals surface area contributed by atoms with Crippen LogP contribution in [-0.2, 0) is 0 Å². The highest BCUT2D eigenvalue weighted by Gasteiger charge is 2.17. The summed E-state index contributed by atoms with van der Waals surface area (Å²) in [5.41, 5.74) is 1.21. The Labute approximate surface area is 137 Å². The molecule has 2 rings (SSSR count). The van der Waals surface area contributed by atoms with Crippen LogP contribution in [0.15, 0.2) is 42.5 Å². The molecule has 1 heterocycles. The molecule has 1 N–H and O–H groups in total. The normalized spacial score (nSPS) is 10.6. The summed E-state index contributed by atoms with van der Waals surface area (Å²) in [6, 6.07) is 13.1. The summed E-state index contributed by atoms with van der Waals surface area (Å²) in [7, 11) is 0. The van der Waals surface area contributed by atoms with Gasteiger partial charge in [0, 0.05) is 18.8 Å². The number of aromatic nitrogens is 2. The molecule has 0 bridgehead atoms. The molecule has 0 saturated carbocycles. The molecule has 122 valence electrons. The molecule has 0 unspecified atom stereocenters. The van der Waals surface area contributed by atoms with Crippen LogP contribution < -0.4 is 10.2 Å². The van der Waals surface area contributed by atoms with Crippen LogP contribution in [0, 0.1) is 5.92 Å². The number of rotatable bonds is 7. The molecule has 0 atom stereocenters. The minimum Gasteiger partial charge on any atom is -0.369 e. The van der Waals surface area contributed by atoms with E-state index in [1.807, 2.05) is 37.3 Å². The summed E-state index contributed by atoms with van der Waals surface area (Å²) in [4.78, 5) is 14.3. The van der Waals surface area contributed by atoms with E-state index in [0.717, 1.165) is 18.7 Å². The van der Waals surface area contributed by atoms with Crippen LogP contribution in [0.2, 0.25) is 0 Å². The average molecular weight is 312 g/mol. The summed E-state index contributed by atoms with van der Waals surface area (Å²) >= 11 is 0. The van der Waals surface area contributed by atoms with Gasteiger partial charge in [0.1, 0.15) is 5.82 Å². The Morgan fingerprint density at radius 1 is 1.13 bits per heavy atom. The van der Waals surface area contributed by atoms with Crippen molar-refractivity contribution in [3.8, 4) is 0 Å². The van der Waals surface area contributed by atoms with Crippen LogP contribution in [0.1, 0.15) is 37.7 Å². The molecular weight excluding hydrogens is 288 g/mol. The fourth-order valence-corrected chi connectivity index (χ4v) is 2.22. The Morgan fingerprint density at radius 3 is 2.43 bits per heavy atom. The summed E-state index contributed by atoms with van der Waals surface area (Å²) in [6.45, 7) is 7.74. The Balaban J connectivity index is 2.04. The Kier molecular flexibility index (Phi) is 6.09. The number of benzene rings is 1. The highest BCUT2D eigenvalue weighted by molar-refractivity contribution is 6.04. The van der Waals surface area contributed by atoms with E-state index < -0.39 is 0 Å².